The van der Waals surface area contributed by atoms with E-state index in [9.17, 15) is 4.79 Å². The third kappa shape index (κ3) is 3.74. The van der Waals surface area contributed by atoms with Gasteiger partial charge in [-0.15, -0.1) is 23.1 Å². The van der Waals surface area contributed by atoms with Crippen LogP contribution in [0.5, 0.6) is 0 Å². The molecule has 0 atom stereocenters. The Balaban J connectivity index is 2.08. The molecule has 0 unspecified atom stereocenters. The zero-order valence-corrected chi connectivity index (χ0v) is 13.5. The van der Waals surface area contributed by atoms with Crippen molar-refractivity contribution in [2.75, 3.05) is 12.9 Å². The SMILES string of the molecule is COC(=O)CCSc1nc2sccn2c1CNC(C)C. The molecule has 20 heavy (non-hydrogen) atoms. The van der Waals surface area contributed by atoms with Crippen LogP contribution in [-0.4, -0.2) is 34.3 Å². The number of nitrogens with one attached hydrogen (secondary N) is 1. The van der Waals surface area contributed by atoms with Crippen LogP contribution in [0.2, 0.25) is 0 Å². The number of thiazole rings is 1. The monoisotopic (exact) mass is 313 g/mol. The highest BCUT2D eigenvalue weighted by molar-refractivity contribution is 7.99. The van der Waals surface area contributed by atoms with Gasteiger partial charge in [0.2, 0.25) is 0 Å². The second-order valence-corrected chi connectivity index (χ2v) is 6.59. The number of thioether (sulfide) groups is 1. The molecule has 110 valence electrons. The average Bonchev–Trinajstić information content (AvgIpc) is 2.97. The summed E-state index contributed by atoms with van der Waals surface area (Å²) < 4.78 is 6.76. The Morgan fingerprint density at radius 3 is 3.10 bits per heavy atom. The fraction of sp³-hybridized carbons (Fsp3) is 0.538. The molecule has 2 heterocycles. The van der Waals surface area contributed by atoms with E-state index in [0.717, 1.165) is 22.2 Å². The molecule has 0 aliphatic heterocycles. The second kappa shape index (κ2) is 7.10. The van der Waals surface area contributed by atoms with Crippen LogP contribution in [0.25, 0.3) is 4.96 Å². The van der Waals surface area contributed by atoms with Crippen molar-refractivity contribution in [1.29, 1.82) is 0 Å². The van der Waals surface area contributed by atoms with Crippen LogP contribution in [0.15, 0.2) is 16.6 Å². The van der Waals surface area contributed by atoms with Gasteiger partial charge in [-0.2, -0.15) is 0 Å². The normalized spacial score (nSPS) is 11.4. The number of fused-ring (bicyclic) bond motifs is 1. The van der Waals surface area contributed by atoms with E-state index in [2.05, 4.69) is 33.3 Å². The predicted octanol–water partition coefficient (Wildman–Crippen LogP) is 2.55. The molecular formula is C13H19N3O2S2. The maximum absolute atomic E-state index is 11.2. The number of aromatic nitrogens is 2. The number of carbonyl (C=O) groups is 1. The first-order valence-corrected chi connectivity index (χ1v) is 8.35. The van der Waals surface area contributed by atoms with Crippen molar-refractivity contribution in [2.24, 2.45) is 0 Å². The first-order valence-electron chi connectivity index (χ1n) is 6.49. The van der Waals surface area contributed by atoms with Gasteiger partial charge < -0.3 is 10.1 Å². The maximum atomic E-state index is 11.2. The van der Waals surface area contributed by atoms with Crippen molar-refractivity contribution < 1.29 is 9.53 Å². The van der Waals surface area contributed by atoms with E-state index in [1.54, 1.807) is 23.1 Å². The van der Waals surface area contributed by atoms with Gasteiger partial charge in [-0.1, -0.05) is 13.8 Å². The molecule has 7 heteroatoms. The minimum Gasteiger partial charge on any atom is -0.469 e. The molecule has 0 saturated carbocycles. The zero-order valence-electron chi connectivity index (χ0n) is 11.9. The van der Waals surface area contributed by atoms with Crippen LogP contribution in [0, 0.1) is 0 Å². The number of imidazole rings is 1. The van der Waals surface area contributed by atoms with Crippen LogP contribution in [0.4, 0.5) is 0 Å². The molecule has 0 spiro atoms. The van der Waals surface area contributed by atoms with E-state index >= 15 is 0 Å². The number of methoxy groups -OCH3 is 1. The summed E-state index contributed by atoms with van der Waals surface area (Å²) in [5.74, 6) is 0.506. The third-order valence-electron chi connectivity index (χ3n) is 2.77. The molecule has 0 radical (unpaired) electrons. The molecule has 0 fully saturated rings. The summed E-state index contributed by atoms with van der Waals surface area (Å²) in [6.45, 7) is 5.02. The van der Waals surface area contributed by atoms with Gasteiger partial charge in [-0.05, 0) is 0 Å². The topological polar surface area (TPSA) is 55.6 Å². The van der Waals surface area contributed by atoms with Gasteiger partial charge in [-0.3, -0.25) is 9.20 Å². The van der Waals surface area contributed by atoms with E-state index in [-0.39, 0.29) is 5.97 Å². The van der Waals surface area contributed by atoms with E-state index < -0.39 is 0 Å². The number of carbonyl (C=O) groups excluding carboxylic acids is 1. The molecule has 2 aromatic rings. The van der Waals surface area contributed by atoms with Crippen molar-refractivity contribution in [3.05, 3.63) is 17.3 Å². The van der Waals surface area contributed by atoms with E-state index in [4.69, 9.17) is 0 Å². The van der Waals surface area contributed by atoms with Gasteiger partial charge in [-0.25, -0.2) is 4.98 Å². The van der Waals surface area contributed by atoms with Gasteiger partial charge in [0.1, 0.15) is 5.03 Å². The predicted molar refractivity (Wildman–Crippen MR) is 82.4 cm³/mol. The Morgan fingerprint density at radius 1 is 1.60 bits per heavy atom. The number of hydrogen-bond acceptors (Lipinski definition) is 6. The summed E-state index contributed by atoms with van der Waals surface area (Å²) in [5.41, 5.74) is 1.16. The summed E-state index contributed by atoms with van der Waals surface area (Å²) >= 11 is 3.23. The van der Waals surface area contributed by atoms with Crippen LogP contribution >= 0.6 is 23.1 Å². The van der Waals surface area contributed by atoms with Crippen LogP contribution < -0.4 is 5.32 Å². The zero-order chi connectivity index (χ0) is 14.5. The lowest BCUT2D eigenvalue weighted by Gasteiger charge is -2.08. The summed E-state index contributed by atoms with van der Waals surface area (Å²) in [7, 11) is 1.41. The van der Waals surface area contributed by atoms with Crippen LogP contribution in [-0.2, 0) is 16.1 Å². The first-order chi connectivity index (χ1) is 9.61. The summed E-state index contributed by atoms with van der Waals surface area (Å²) in [6, 6.07) is 0.423. The molecule has 0 bridgehead atoms. The number of nitrogens with zero attached hydrogens (tertiary/aromatic N) is 2. The minimum absolute atomic E-state index is 0.180. The smallest absolute Gasteiger partial charge is 0.306 e. The minimum atomic E-state index is -0.180. The highest BCUT2D eigenvalue weighted by Gasteiger charge is 2.14. The Kier molecular flexibility index (Phi) is 5.45. The van der Waals surface area contributed by atoms with Gasteiger partial charge in [0.25, 0.3) is 0 Å². The molecular weight excluding hydrogens is 294 g/mol. The van der Waals surface area contributed by atoms with Crippen molar-refractivity contribution in [3.8, 4) is 0 Å². The van der Waals surface area contributed by atoms with E-state index in [1.807, 2.05) is 11.6 Å². The Bertz CT molecular complexity index is 577. The highest BCUT2D eigenvalue weighted by atomic mass is 32.2. The number of esters is 1. The molecule has 1 N–H and O–H groups in total. The molecule has 0 aromatic carbocycles. The highest BCUT2D eigenvalue weighted by Crippen LogP contribution is 2.26. The Labute approximate surface area is 126 Å². The van der Waals surface area contributed by atoms with Gasteiger partial charge in [0.15, 0.2) is 4.96 Å². The molecule has 2 aromatic heterocycles. The molecule has 0 aliphatic rings. The number of rotatable bonds is 7. The molecule has 0 amide bonds. The molecule has 2 rings (SSSR count). The number of ether oxygens (including phenoxy) is 1. The average molecular weight is 313 g/mol. The summed E-state index contributed by atoms with van der Waals surface area (Å²) in [4.78, 5) is 16.8. The molecule has 5 nitrogen and oxygen atoms in total. The maximum Gasteiger partial charge on any atom is 0.306 e. The lowest BCUT2D eigenvalue weighted by atomic mass is 10.3. The summed E-state index contributed by atoms with van der Waals surface area (Å²) in [5, 5.41) is 6.45. The number of hydrogen-bond donors (Lipinski definition) is 1. The summed E-state index contributed by atoms with van der Waals surface area (Å²) in [6.07, 6.45) is 2.44. The molecule has 0 aliphatic carbocycles. The second-order valence-electron chi connectivity index (χ2n) is 4.63. The van der Waals surface area contributed by atoms with Crippen molar-refractivity contribution in [1.82, 2.24) is 14.7 Å². The van der Waals surface area contributed by atoms with Gasteiger partial charge in [0, 0.05) is 29.9 Å². The lowest BCUT2D eigenvalue weighted by Crippen LogP contribution is -2.22. The largest absolute Gasteiger partial charge is 0.469 e. The van der Waals surface area contributed by atoms with E-state index in [0.29, 0.717) is 18.2 Å². The fourth-order valence-electron chi connectivity index (χ4n) is 1.72. The van der Waals surface area contributed by atoms with Crippen molar-refractivity contribution >= 4 is 34.0 Å². The van der Waals surface area contributed by atoms with Crippen LogP contribution in [0.3, 0.4) is 0 Å². The Morgan fingerprint density at radius 2 is 2.40 bits per heavy atom. The molecule has 0 saturated heterocycles. The third-order valence-corrected chi connectivity index (χ3v) is 4.54. The van der Waals surface area contributed by atoms with Crippen LogP contribution in [0.1, 0.15) is 26.0 Å². The lowest BCUT2D eigenvalue weighted by molar-refractivity contribution is -0.140. The van der Waals surface area contributed by atoms with E-state index in [1.165, 1.54) is 7.11 Å². The fourth-order valence-corrected chi connectivity index (χ4v) is 3.46. The first kappa shape index (κ1) is 15.3. The Hall–Kier alpha value is -1.05. The van der Waals surface area contributed by atoms with Gasteiger partial charge in [0.05, 0.1) is 19.2 Å². The van der Waals surface area contributed by atoms with Crippen molar-refractivity contribution in [2.45, 2.75) is 37.9 Å². The quantitative estimate of drug-likeness (QED) is 0.629. The standard InChI is InChI=1S/C13H19N3O2S2/c1-9(2)14-8-10-12(19-6-4-11(17)18-3)15-13-16(10)5-7-20-13/h5,7,9,14H,4,6,8H2,1-3H3. The van der Waals surface area contributed by atoms with Crippen molar-refractivity contribution in [3.63, 3.8) is 0 Å². The van der Waals surface area contributed by atoms with Gasteiger partial charge >= 0.3 is 5.97 Å².